The third kappa shape index (κ3) is 4.61. The molecule has 0 aromatic carbocycles. The van der Waals surface area contributed by atoms with Gasteiger partial charge in [0.05, 0.1) is 0 Å². The number of carbonyl (C=O) groups excluding carboxylic acids is 2. The van der Waals surface area contributed by atoms with Gasteiger partial charge in [-0.1, -0.05) is 0 Å². The van der Waals surface area contributed by atoms with Crippen molar-refractivity contribution in [1.29, 1.82) is 0 Å². The highest BCUT2D eigenvalue weighted by atomic mass is 16.1. The van der Waals surface area contributed by atoms with Gasteiger partial charge in [0.25, 0.3) is 0 Å². The van der Waals surface area contributed by atoms with Crippen LogP contribution in [0, 0.1) is 0 Å². The average molecular weight is 166 g/mol. The molecular weight excluding hydrogens is 152 g/mol. The molecule has 0 radical (unpaired) electrons. The topological polar surface area (TPSA) is 34.1 Å². The van der Waals surface area contributed by atoms with Crippen LogP contribution in [0.25, 0.3) is 0 Å². The first-order valence-corrected chi connectivity index (χ1v) is 3.81. The van der Waals surface area contributed by atoms with E-state index in [-0.39, 0.29) is 11.6 Å². The van der Waals surface area contributed by atoms with Gasteiger partial charge < -0.3 is 0 Å². The van der Waals surface area contributed by atoms with E-state index in [1.54, 1.807) is 0 Å². The highest BCUT2D eigenvalue weighted by Gasteiger charge is 1.96. The van der Waals surface area contributed by atoms with Gasteiger partial charge in [-0.05, 0) is 51.0 Å². The quantitative estimate of drug-likeness (QED) is 0.475. The highest BCUT2D eigenvalue weighted by Crippen LogP contribution is 2.07. The average Bonchev–Trinajstić information content (AvgIpc) is 1.84. The van der Waals surface area contributed by atoms with Crippen molar-refractivity contribution in [2.24, 2.45) is 0 Å². The Morgan fingerprint density at radius 1 is 0.750 bits per heavy atom. The molecule has 66 valence electrons. The Labute approximate surface area is 73.0 Å². The number of allylic oxidation sites excluding steroid dienone is 4. The number of ketones is 2. The van der Waals surface area contributed by atoms with Gasteiger partial charge in [0.1, 0.15) is 0 Å². The van der Waals surface area contributed by atoms with E-state index >= 15 is 0 Å². The molecule has 12 heavy (non-hydrogen) atoms. The van der Waals surface area contributed by atoms with Gasteiger partial charge in [0.2, 0.25) is 0 Å². The SMILES string of the molecule is CC(=O)/C=C(C)\C(C)=C/C(C)=O. The zero-order valence-corrected chi connectivity index (χ0v) is 7.97. The van der Waals surface area contributed by atoms with Gasteiger partial charge in [0, 0.05) is 0 Å². The van der Waals surface area contributed by atoms with Gasteiger partial charge in [-0.3, -0.25) is 9.59 Å². The Bertz CT molecular complexity index is 229. The number of carbonyl (C=O) groups is 2. The molecule has 0 aliphatic rings. The van der Waals surface area contributed by atoms with Gasteiger partial charge in [-0.2, -0.15) is 0 Å². The molecule has 0 fully saturated rings. The van der Waals surface area contributed by atoms with Crippen molar-refractivity contribution in [2.45, 2.75) is 27.7 Å². The predicted octanol–water partition coefficient (Wildman–Crippen LogP) is 2.06. The minimum Gasteiger partial charge on any atom is -0.295 e. The second kappa shape index (κ2) is 4.65. The maximum Gasteiger partial charge on any atom is 0.152 e. The molecule has 0 spiro atoms. The molecule has 0 aliphatic carbocycles. The highest BCUT2D eigenvalue weighted by molar-refractivity contribution is 5.91. The Morgan fingerprint density at radius 3 is 1.17 bits per heavy atom. The van der Waals surface area contributed by atoms with Gasteiger partial charge in [0.15, 0.2) is 11.6 Å². The van der Waals surface area contributed by atoms with Crippen LogP contribution in [0.3, 0.4) is 0 Å². The summed E-state index contributed by atoms with van der Waals surface area (Å²) in [7, 11) is 0. The second-order valence-corrected chi connectivity index (χ2v) is 2.88. The monoisotopic (exact) mass is 166 g/mol. The third-order valence-corrected chi connectivity index (χ3v) is 1.46. The summed E-state index contributed by atoms with van der Waals surface area (Å²) in [5, 5.41) is 0. The Balaban J connectivity index is 4.59. The lowest BCUT2D eigenvalue weighted by atomic mass is 10.1. The van der Waals surface area contributed by atoms with Crippen molar-refractivity contribution in [3.63, 3.8) is 0 Å². The first-order valence-electron chi connectivity index (χ1n) is 3.81. The van der Waals surface area contributed by atoms with Crippen molar-refractivity contribution in [2.75, 3.05) is 0 Å². The van der Waals surface area contributed by atoms with E-state index in [0.29, 0.717) is 0 Å². The van der Waals surface area contributed by atoms with Gasteiger partial charge in [-0.15, -0.1) is 0 Å². The first kappa shape index (κ1) is 10.8. The molecule has 0 N–H and O–H groups in total. The standard InChI is InChI=1S/C10H14O2/c1-7(5-9(3)11)8(2)6-10(4)12/h5-6H,1-4H3/b7-5-,8-6-. The van der Waals surface area contributed by atoms with Crippen LogP contribution in [0.15, 0.2) is 23.3 Å². The summed E-state index contributed by atoms with van der Waals surface area (Å²) in [4.78, 5) is 21.3. The van der Waals surface area contributed by atoms with Crippen molar-refractivity contribution in [1.82, 2.24) is 0 Å². The lowest BCUT2D eigenvalue weighted by Gasteiger charge is -1.97. The summed E-state index contributed by atoms with van der Waals surface area (Å²) >= 11 is 0. The maximum absolute atomic E-state index is 10.7. The van der Waals surface area contributed by atoms with E-state index in [0.717, 1.165) is 11.1 Å². The molecule has 0 saturated carbocycles. The largest absolute Gasteiger partial charge is 0.295 e. The molecule has 0 bridgehead atoms. The van der Waals surface area contributed by atoms with Gasteiger partial charge >= 0.3 is 0 Å². The molecule has 0 aromatic heterocycles. The van der Waals surface area contributed by atoms with Crippen LogP contribution in [0.5, 0.6) is 0 Å². The van der Waals surface area contributed by atoms with Crippen molar-refractivity contribution in [3.8, 4) is 0 Å². The van der Waals surface area contributed by atoms with E-state index in [2.05, 4.69) is 0 Å². The fourth-order valence-electron chi connectivity index (χ4n) is 0.837. The van der Waals surface area contributed by atoms with Crippen molar-refractivity contribution >= 4 is 11.6 Å². The summed E-state index contributed by atoms with van der Waals surface area (Å²) in [6.07, 6.45) is 3.05. The molecule has 0 amide bonds. The summed E-state index contributed by atoms with van der Waals surface area (Å²) < 4.78 is 0. The normalized spacial score (nSPS) is 13.0. The molecule has 0 saturated heterocycles. The maximum atomic E-state index is 10.7. The van der Waals surface area contributed by atoms with Crippen LogP contribution in [0.1, 0.15) is 27.7 Å². The minimum absolute atomic E-state index is 0.00352. The number of hydrogen-bond donors (Lipinski definition) is 0. The summed E-state index contributed by atoms with van der Waals surface area (Å²) in [5.74, 6) is 0.00704. The summed E-state index contributed by atoms with van der Waals surface area (Å²) in [6, 6.07) is 0. The first-order chi connectivity index (χ1) is 5.43. The molecule has 0 aliphatic heterocycles. The lowest BCUT2D eigenvalue weighted by molar-refractivity contribution is -0.113. The van der Waals surface area contributed by atoms with Crippen LogP contribution < -0.4 is 0 Å². The molecule has 2 nitrogen and oxygen atoms in total. The van der Waals surface area contributed by atoms with Crippen LogP contribution in [0.2, 0.25) is 0 Å². The molecule has 0 unspecified atom stereocenters. The summed E-state index contributed by atoms with van der Waals surface area (Å²) in [6.45, 7) is 6.61. The van der Waals surface area contributed by atoms with Crippen LogP contribution in [0.4, 0.5) is 0 Å². The molecule has 0 heterocycles. The van der Waals surface area contributed by atoms with E-state index in [4.69, 9.17) is 0 Å². The van der Waals surface area contributed by atoms with E-state index in [9.17, 15) is 9.59 Å². The van der Waals surface area contributed by atoms with Gasteiger partial charge in [-0.25, -0.2) is 0 Å². The second-order valence-electron chi connectivity index (χ2n) is 2.88. The Kier molecular flexibility index (Phi) is 4.19. The fraction of sp³-hybridized carbons (Fsp3) is 0.400. The van der Waals surface area contributed by atoms with E-state index < -0.39 is 0 Å². The number of hydrogen-bond acceptors (Lipinski definition) is 2. The molecule has 0 aromatic rings. The third-order valence-electron chi connectivity index (χ3n) is 1.46. The van der Waals surface area contributed by atoms with Crippen LogP contribution >= 0.6 is 0 Å². The Morgan fingerprint density at radius 2 is 1.00 bits per heavy atom. The fourth-order valence-corrected chi connectivity index (χ4v) is 0.837. The smallest absolute Gasteiger partial charge is 0.152 e. The summed E-state index contributed by atoms with van der Waals surface area (Å²) in [5.41, 5.74) is 1.69. The van der Waals surface area contributed by atoms with Crippen LogP contribution in [-0.2, 0) is 9.59 Å². The Hall–Kier alpha value is -1.18. The van der Waals surface area contributed by atoms with Crippen molar-refractivity contribution < 1.29 is 9.59 Å². The predicted molar refractivity (Wildman–Crippen MR) is 48.9 cm³/mol. The van der Waals surface area contributed by atoms with Crippen molar-refractivity contribution in [3.05, 3.63) is 23.3 Å². The molecule has 2 heteroatoms. The number of rotatable bonds is 3. The van der Waals surface area contributed by atoms with E-state index in [1.807, 2.05) is 13.8 Å². The molecule has 0 atom stereocenters. The minimum atomic E-state index is 0.00352. The zero-order chi connectivity index (χ0) is 9.72. The van der Waals surface area contributed by atoms with E-state index in [1.165, 1.54) is 26.0 Å². The molecular formula is C10H14O2. The lowest BCUT2D eigenvalue weighted by Crippen LogP contribution is -1.90. The molecule has 0 rings (SSSR count). The van der Waals surface area contributed by atoms with Crippen LogP contribution in [-0.4, -0.2) is 11.6 Å². The zero-order valence-electron chi connectivity index (χ0n) is 7.97.